The van der Waals surface area contributed by atoms with E-state index in [1.807, 2.05) is 0 Å². The topological polar surface area (TPSA) is 92.6 Å². The van der Waals surface area contributed by atoms with Gasteiger partial charge in [0.05, 0.1) is 16.3 Å². The lowest BCUT2D eigenvalue weighted by Gasteiger charge is -2.13. The minimum atomic E-state index is -4.59. The van der Waals surface area contributed by atoms with Gasteiger partial charge in [-0.05, 0) is 30.3 Å². The van der Waals surface area contributed by atoms with Gasteiger partial charge in [0, 0.05) is 5.69 Å². The maximum atomic E-state index is 13.0. The minimum Gasteiger partial charge on any atom is -0.380 e. The number of hydrogen-bond acceptors (Lipinski definition) is 5. The zero-order valence-corrected chi connectivity index (χ0v) is 13.8. The van der Waals surface area contributed by atoms with Crippen LogP contribution in [0.2, 0.25) is 5.02 Å². The number of anilines is 3. The van der Waals surface area contributed by atoms with Gasteiger partial charge >= 0.3 is 6.18 Å². The van der Waals surface area contributed by atoms with E-state index in [1.54, 1.807) is 30.3 Å². The van der Waals surface area contributed by atoms with E-state index in [1.165, 1.54) is 10.7 Å². The summed E-state index contributed by atoms with van der Waals surface area (Å²) in [4.78, 5) is 3.90. The molecule has 1 heterocycles. The molecule has 26 heavy (non-hydrogen) atoms. The average Bonchev–Trinajstić information content (AvgIpc) is 2.59. The Bertz CT molecular complexity index is 1000. The molecule has 3 rings (SSSR count). The zero-order chi connectivity index (χ0) is 18.9. The average molecular weight is 381 g/mol. The number of nitrogens with one attached hydrogen (secondary N) is 2. The predicted octanol–water partition coefficient (Wildman–Crippen LogP) is 3.74. The summed E-state index contributed by atoms with van der Waals surface area (Å²) in [6.07, 6.45) is -4.59. The molecule has 0 aliphatic heterocycles. The molecule has 0 aliphatic rings. The fourth-order valence-electron chi connectivity index (χ4n) is 2.20. The molecule has 134 valence electrons. The Labute approximate surface area is 150 Å². The van der Waals surface area contributed by atoms with Gasteiger partial charge in [0.15, 0.2) is 11.3 Å². The van der Waals surface area contributed by atoms with Gasteiger partial charge in [0.2, 0.25) is 5.95 Å². The van der Waals surface area contributed by atoms with Gasteiger partial charge in [-0.25, -0.2) is 4.68 Å². The van der Waals surface area contributed by atoms with E-state index < -0.39 is 16.8 Å². The van der Waals surface area contributed by atoms with Crippen LogP contribution in [0.3, 0.4) is 0 Å². The van der Waals surface area contributed by atoms with Crippen LogP contribution in [0.4, 0.5) is 30.6 Å². The van der Waals surface area contributed by atoms with E-state index in [4.69, 9.17) is 22.7 Å². The fraction of sp³-hybridized carbons (Fsp3) is 0.0625. The fourth-order valence-corrected chi connectivity index (χ4v) is 2.43. The third kappa shape index (κ3) is 3.62. The molecule has 0 spiro atoms. The Hall–Kier alpha value is -3.07. The number of nitrogen functional groups attached to an aromatic ring is 1. The van der Waals surface area contributed by atoms with Gasteiger partial charge in [-0.1, -0.05) is 29.8 Å². The molecule has 0 atom stereocenters. The van der Waals surface area contributed by atoms with Gasteiger partial charge in [0.25, 0.3) is 0 Å². The number of para-hydroxylation sites is 1. The van der Waals surface area contributed by atoms with E-state index in [0.29, 0.717) is 5.69 Å². The van der Waals surface area contributed by atoms with Crippen molar-refractivity contribution in [3.63, 3.8) is 0 Å². The van der Waals surface area contributed by atoms with E-state index >= 15 is 0 Å². The maximum Gasteiger partial charge on any atom is 0.417 e. The first-order valence-corrected chi connectivity index (χ1v) is 7.64. The molecule has 0 saturated carbocycles. The molecule has 0 unspecified atom stereocenters. The molecule has 0 radical (unpaired) electrons. The van der Waals surface area contributed by atoms with Crippen molar-refractivity contribution in [2.75, 3.05) is 11.1 Å². The van der Waals surface area contributed by atoms with E-state index in [0.717, 1.165) is 12.1 Å². The lowest BCUT2D eigenvalue weighted by atomic mass is 10.2. The van der Waals surface area contributed by atoms with Crippen molar-refractivity contribution in [1.82, 2.24) is 14.8 Å². The normalized spacial score (nSPS) is 11.4. The van der Waals surface area contributed by atoms with Crippen LogP contribution in [-0.4, -0.2) is 14.8 Å². The molecule has 2 aromatic carbocycles. The Morgan fingerprint density at radius 2 is 1.81 bits per heavy atom. The number of benzene rings is 2. The van der Waals surface area contributed by atoms with Crippen molar-refractivity contribution in [3.05, 3.63) is 64.6 Å². The van der Waals surface area contributed by atoms with Crippen molar-refractivity contribution < 1.29 is 13.2 Å². The lowest BCUT2D eigenvalue weighted by molar-refractivity contribution is -0.137. The standard InChI is InChI=1S/C16H12ClF3N6/c17-12-7-6-9(8-11(12)16(18,19)20)23-15-24-13(21)14(22)26(25-15)10-4-2-1-3-5-10/h1-8,22H,(H3,21,23,24,25). The molecule has 0 saturated heterocycles. The third-order valence-corrected chi connectivity index (χ3v) is 3.73. The van der Waals surface area contributed by atoms with Crippen LogP contribution in [0.15, 0.2) is 48.5 Å². The van der Waals surface area contributed by atoms with Crippen LogP contribution in [0.25, 0.3) is 5.69 Å². The van der Waals surface area contributed by atoms with Crippen LogP contribution in [0, 0.1) is 5.41 Å². The molecular weight excluding hydrogens is 369 g/mol. The van der Waals surface area contributed by atoms with Crippen LogP contribution in [-0.2, 0) is 6.18 Å². The second-order valence-corrected chi connectivity index (χ2v) is 5.64. The molecule has 0 bridgehead atoms. The first-order chi connectivity index (χ1) is 12.3. The number of hydrogen-bond donors (Lipinski definition) is 3. The van der Waals surface area contributed by atoms with E-state index in [2.05, 4.69) is 15.4 Å². The van der Waals surface area contributed by atoms with Crippen molar-refractivity contribution >= 4 is 29.1 Å². The Morgan fingerprint density at radius 1 is 1.12 bits per heavy atom. The number of nitrogens with zero attached hydrogens (tertiary/aromatic N) is 3. The molecular formula is C16H12ClF3N6. The second kappa shape index (κ2) is 6.68. The van der Waals surface area contributed by atoms with Crippen LogP contribution < -0.4 is 16.5 Å². The summed E-state index contributed by atoms with van der Waals surface area (Å²) in [5, 5.41) is 14.3. The van der Waals surface area contributed by atoms with Crippen molar-refractivity contribution in [2.45, 2.75) is 6.18 Å². The van der Waals surface area contributed by atoms with Gasteiger partial charge in [-0.2, -0.15) is 18.2 Å². The molecule has 0 amide bonds. The highest BCUT2D eigenvalue weighted by molar-refractivity contribution is 6.31. The molecule has 6 nitrogen and oxygen atoms in total. The quantitative estimate of drug-likeness (QED) is 0.645. The Morgan fingerprint density at radius 3 is 2.46 bits per heavy atom. The first-order valence-electron chi connectivity index (χ1n) is 7.26. The SMILES string of the molecule is N=c1c(N)nc(Nc2ccc(Cl)c(C(F)(F)F)c2)nn1-c1ccccc1. The van der Waals surface area contributed by atoms with Crippen LogP contribution in [0.1, 0.15) is 5.56 Å². The summed E-state index contributed by atoms with van der Waals surface area (Å²) in [7, 11) is 0. The smallest absolute Gasteiger partial charge is 0.380 e. The van der Waals surface area contributed by atoms with Crippen molar-refractivity contribution in [2.24, 2.45) is 0 Å². The third-order valence-electron chi connectivity index (χ3n) is 3.40. The monoisotopic (exact) mass is 380 g/mol. The number of rotatable bonds is 3. The Kier molecular flexibility index (Phi) is 4.56. The lowest BCUT2D eigenvalue weighted by Crippen LogP contribution is -2.26. The van der Waals surface area contributed by atoms with Gasteiger partial charge in [-0.3, -0.25) is 5.41 Å². The first kappa shape index (κ1) is 17.7. The Balaban J connectivity index is 2.02. The summed E-state index contributed by atoms with van der Waals surface area (Å²) in [6.45, 7) is 0. The molecule has 0 aliphatic carbocycles. The minimum absolute atomic E-state index is 0.0576. The van der Waals surface area contributed by atoms with Gasteiger partial charge in [0.1, 0.15) is 0 Å². The van der Waals surface area contributed by atoms with E-state index in [-0.39, 0.29) is 22.9 Å². The maximum absolute atomic E-state index is 13.0. The van der Waals surface area contributed by atoms with Crippen LogP contribution in [0.5, 0.6) is 0 Å². The molecule has 1 aromatic heterocycles. The molecule has 10 heteroatoms. The van der Waals surface area contributed by atoms with Gasteiger partial charge in [-0.15, -0.1) is 5.10 Å². The largest absolute Gasteiger partial charge is 0.417 e. The summed E-state index contributed by atoms with van der Waals surface area (Å²) >= 11 is 5.61. The zero-order valence-electron chi connectivity index (χ0n) is 13.0. The van der Waals surface area contributed by atoms with Crippen molar-refractivity contribution in [3.8, 4) is 5.69 Å². The number of aromatic nitrogens is 3. The number of alkyl halides is 3. The predicted molar refractivity (Wildman–Crippen MR) is 91.4 cm³/mol. The summed E-state index contributed by atoms with van der Waals surface area (Å²) < 4.78 is 40.2. The second-order valence-electron chi connectivity index (χ2n) is 5.23. The highest BCUT2D eigenvalue weighted by Crippen LogP contribution is 2.36. The number of halogens is 4. The molecule has 3 aromatic rings. The highest BCUT2D eigenvalue weighted by atomic mass is 35.5. The van der Waals surface area contributed by atoms with E-state index in [9.17, 15) is 13.2 Å². The van der Waals surface area contributed by atoms with Crippen molar-refractivity contribution in [1.29, 1.82) is 5.41 Å². The number of nitrogens with two attached hydrogens (primary N) is 1. The van der Waals surface area contributed by atoms with Crippen LogP contribution >= 0.6 is 11.6 Å². The summed E-state index contributed by atoms with van der Waals surface area (Å²) in [6, 6.07) is 12.0. The molecule has 0 fully saturated rings. The highest BCUT2D eigenvalue weighted by Gasteiger charge is 2.33. The molecule has 4 N–H and O–H groups in total. The summed E-state index contributed by atoms with van der Waals surface area (Å²) in [5.74, 6) is -0.186. The summed E-state index contributed by atoms with van der Waals surface area (Å²) in [5.41, 5.74) is 5.25. The van der Waals surface area contributed by atoms with Gasteiger partial charge < -0.3 is 11.1 Å².